The van der Waals surface area contributed by atoms with Crippen molar-refractivity contribution in [3.63, 3.8) is 0 Å². The molecule has 1 aliphatic carbocycles. The predicted octanol–water partition coefficient (Wildman–Crippen LogP) is 2.03. The second kappa shape index (κ2) is 6.58. The van der Waals surface area contributed by atoms with Crippen molar-refractivity contribution in [3.05, 3.63) is 11.9 Å². The van der Waals surface area contributed by atoms with Gasteiger partial charge >= 0.3 is 0 Å². The van der Waals surface area contributed by atoms with Crippen molar-refractivity contribution in [2.24, 2.45) is 5.92 Å². The van der Waals surface area contributed by atoms with E-state index in [-0.39, 0.29) is 0 Å². The number of hydrogen-bond acceptors (Lipinski definition) is 6. The highest BCUT2D eigenvalue weighted by Gasteiger charge is 2.40. The van der Waals surface area contributed by atoms with E-state index in [1.54, 1.807) is 0 Å². The smallest absolute Gasteiger partial charge is 0.158 e. The van der Waals surface area contributed by atoms with Gasteiger partial charge in [0.25, 0.3) is 0 Å². The van der Waals surface area contributed by atoms with Crippen LogP contribution in [0.2, 0.25) is 0 Å². The number of nitrogens with zero attached hydrogens (tertiary/aromatic N) is 2. The van der Waals surface area contributed by atoms with Crippen molar-refractivity contribution in [1.82, 2.24) is 9.97 Å². The Morgan fingerprint density at radius 3 is 2.81 bits per heavy atom. The molecule has 0 spiro atoms. The average molecular weight is 292 g/mol. The van der Waals surface area contributed by atoms with Gasteiger partial charge in [-0.3, -0.25) is 0 Å². The first-order valence-corrected chi connectivity index (χ1v) is 7.81. The average Bonchev–Trinajstić information content (AvgIpc) is 3.25. The minimum Gasteiger partial charge on any atom is -0.376 e. The molecule has 0 aromatic carbocycles. The molecule has 2 heterocycles. The maximum Gasteiger partial charge on any atom is 0.158 e. The van der Waals surface area contributed by atoms with Gasteiger partial charge in [0.1, 0.15) is 18.2 Å². The fourth-order valence-corrected chi connectivity index (χ4v) is 2.80. The van der Waals surface area contributed by atoms with Crippen LogP contribution < -0.4 is 10.6 Å². The fraction of sp³-hybridized carbons (Fsp3) is 0.733. The molecule has 2 aliphatic rings. The lowest BCUT2D eigenvalue weighted by Crippen LogP contribution is -2.31. The molecule has 21 heavy (non-hydrogen) atoms. The van der Waals surface area contributed by atoms with Crippen LogP contribution in [0.1, 0.15) is 32.0 Å². The maximum absolute atomic E-state index is 5.87. The van der Waals surface area contributed by atoms with Crippen molar-refractivity contribution in [1.29, 1.82) is 0 Å². The third kappa shape index (κ3) is 3.63. The largest absolute Gasteiger partial charge is 0.376 e. The maximum atomic E-state index is 5.87. The van der Waals surface area contributed by atoms with Gasteiger partial charge < -0.3 is 20.1 Å². The van der Waals surface area contributed by atoms with Gasteiger partial charge in [0.2, 0.25) is 0 Å². The molecular formula is C15H24N4O2. The highest BCUT2D eigenvalue weighted by molar-refractivity contribution is 5.48. The minimum absolute atomic E-state index is 0.341. The summed E-state index contributed by atoms with van der Waals surface area (Å²) in [7, 11) is 1.86. The number of anilines is 2. The van der Waals surface area contributed by atoms with E-state index < -0.39 is 0 Å². The van der Waals surface area contributed by atoms with E-state index in [0.29, 0.717) is 31.2 Å². The SMILES string of the molecule is CCOCc1nc(NC)cc(NC2CCOC2C2CC2)n1. The van der Waals surface area contributed by atoms with Crippen molar-refractivity contribution >= 4 is 11.6 Å². The summed E-state index contributed by atoms with van der Waals surface area (Å²) in [6.07, 6.45) is 3.97. The Balaban J connectivity index is 1.70. The molecule has 0 amide bonds. The molecule has 6 heteroatoms. The first-order chi connectivity index (χ1) is 10.3. The van der Waals surface area contributed by atoms with Crippen LogP contribution in [0.4, 0.5) is 11.6 Å². The quantitative estimate of drug-likeness (QED) is 0.801. The van der Waals surface area contributed by atoms with E-state index in [1.807, 2.05) is 20.0 Å². The molecule has 1 aromatic heterocycles. The molecule has 0 bridgehead atoms. The molecule has 0 radical (unpaired) electrons. The molecule has 1 aromatic rings. The summed E-state index contributed by atoms with van der Waals surface area (Å²) in [5.74, 6) is 3.10. The summed E-state index contributed by atoms with van der Waals surface area (Å²) in [5.41, 5.74) is 0. The first-order valence-electron chi connectivity index (χ1n) is 7.81. The van der Waals surface area contributed by atoms with E-state index in [2.05, 4.69) is 20.6 Å². The molecule has 116 valence electrons. The Kier molecular flexibility index (Phi) is 4.55. The summed E-state index contributed by atoms with van der Waals surface area (Å²) in [4.78, 5) is 8.97. The molecule has 2 fully saturated rings. The second-order valence-electron chi connectivity index (χ2n) is 5.65. The normalized spacial score (nSPS) is 25.0. The number of aromatic nitrogens is 2. The van der Waals surface area contributed by atoms with Gasteiger partial charge in [-0.2, -0.15) is 0 Å². The van der Waals surface area contributed by atoms with Crippen LogP contribution >= 0.6 is 0 Å². The Morgan fingerprint density at radius 2 is 2.10 bits per heavy atom. The van der Waals surface area contributed by atoms with Gasteiger partial charge in [-0.25, -0.2) is 9.97 Å². The van der Waals surface area contributed by atoms with Gasteiger partial charge in [-0.15, -0.1) is 0 Å². The third-order valence-corrected chi connectivity index (χ3v) is 4.02. The topological polar surface area (TPSA) is 68.3 Å². The van der Waals surface area contributed by atoms with E-state index in [1.165, 1.54) is 12.8 Å². The third-order valence-electron chi connectivity index (χ3n) is 4.02. The first kappa shape index (κ1) is 14.5. The number of ether oxygens (including phenoxy) is 2. The molecule has 1 saturated carbocycles. The number of nitrogens with one attached hydrogen (secondary N) is 2. The zero-order chi connectivity index (χ0) is 14.7. The number of rotatable bonds is 7. The fourth-order valence-electron chi connectivity index (χ4n) is 2.80. The van der Waals surface area contributed by atoms with Crippen LogP contribution in [0.25, 0.3) is 0 Å². The molecule has 6 nitrogen and oxygen atoms in total. The van der Waals surface area contributed by atoms with Gasteiger partial charge in [0.05, 0.1) is 12.1 Å². The van der Waals surface area contributed by atoms with Gasteiger partial charge in [0.15, 0.2) is 5.82 Å². The molecule has 1 aliphatic heterocycles. The van der Waals surface area contributed by atoms with E-state index in [4.69, 9.17) is 9.47 Å². The highest BCUT2D eigenvalue weighted by Crippen LogP contribution is 2.39. The van der Waals surface area contributed by atoms with Crippen LogP contribution in [0, 0.1) is 5.92 Å². The van der Waals surface area contributed by atoms with Crippen molar-refractivity contribution in [2.75, 3.05) is 30.9 Å². The molecule has 1 saturated heterocycles. The predicted molar refractivity (Wildman–Crippen MR) is 81.4 cm³/mol. The van der Waals surface area contributed by atoms with E-state index >= 15 is 0 Å². The summed E-state index contributed by atoms with van der Waals surface area (Å²) in [6, 6.07) is 2.30. The van der Waals surface area contributed by atoms with Crippen molar-refractivity contribution in [2.45, 2.75) is 44.9 Å². The monoisotopic (exact) mass is 292 g/mol. The zero-order valence-electron chi connectivity index (χ0n) is 12.8. The van der Waals surface area contributed by atoms with Gasteiger partial charge in [0, 0.05) is 26.3 Å². The molecule has 2 unspecified atom stereocenters. The zero-order valence-corrected chi connectivity index (χ0v) is 12.8. The standard InChI is InChI=1S/C15H24N4O2/c1-3-20-9-14-18-12(16-2)8-13(19-14)17-11-6-7-21-15(11)10-4-5-10/h8,10-11,15H,3-7,9H2,1-2H3,(H2,16,17,18,19). The highest BCUT2D eigenvalue weighted by atomic mass is 16.5. The Morgan fingerprint density at radius 1 is 1.29 bits per heavy atom. The van der Waals surface area contributed by atoms with E-state index in [9.17, 15) is 0 Å². The summed E-state index contributed by atoms with van der Waals surface area (Å²) >= 11 is 0. The summed E-state index contributed by atoms with van der Waals surface area (Å²) < 4.78 is 11.3. The van der Waals surface area contributed by atoms with Gasteiger partial charge in [-0.1, -0.05) is 0 Å². The summed E-state index contributed by atoms with van der Waals surface area (Å²) in [6.45, 7) is 3.91. The molecule has 2 atom stereocenters. The Bertz CT molecular complexity index is 479. The lowest BCUT2D eigenvalue weighted by molar-refractivity contribution is 0.0898. The van der Waals surface area contributed by atoms with Crippen molar-refractivity contribution < 1.29 is 9.47 Å². The Labute approximate surface area is 125 Å². The Hall–Kier alpha value is -1.40. The summed E-state index contributed by atoms with van der Waals surface area (Å²) in [5, 5.41) is 6.61. The number of hydrogen-bond donors (Lipinski definition) is 2. The lowest BCUT2D eigenvalue weighted by Gasteiger charge is -2.20. The van der Waals surface area contributed by atoms with Crippen molar-refractivity contribution in [3.8, 4) is 0 Å². The van der Waals surface area contributed by atoms with Crippen LogP contribution in [0.15, 0.2) is 6.07 Å². The van der Waals surface area contributed by atoms with Gasteiger partial charge in [-0.05, 0) is 32.1 Å². The molecule has 3 rings (SSSR count). The minimum atomic E-state index is 0.341. The van der Waals surface area contributed by atoms with Crippen LogP contribution in [-0.4, -0.2) is 42.4 Å². The lowest BCUT2D eigenvalue weighted by atomic mass is 10.1. The molecule has 2 N–H and O–H groups in total. The van der Waals surface area contributed by atoms with E-state index in [0.717, 1.165) is 30.6 Å². The molecular weight excluding hydrogens is 268 g/mol. The van der Waals surface area contributed by atoms with Crippen LogP contribution in [0.5, 0.6) is 0 Å². The van der Waals surface area contributed by atoms with Crippen LogP contribution in [-0.2, 0) is 16.1 Å². The van der Waals surface area contributed by atoms with Crippen LogP contribution in [0.3, 0.4) is 0 Å². The second-order valence-corrected chi connectivity index (χ2v) is 5.65.